The van der Waals surface area contributed by atoms with Crippen molar-refractivity contribution in [1.29, 1.82) is 0 Å². The fraction of sp³-hybridized carbons (Fsp3) is 0.176. The van der Waals surface area contributed by atoms with Crippen LogP contribution in [0.25, 0.3) is 11.4 Å². The highest BCUT2D eigenvalue weighted by molar-refractivity contribution is 5.94. The first kappa shape index (κ1) is 16.4. The van der Waals surface area contributed by atoms with Crippen molar-refractivity contribution in [2.45, 2.75) is 20.3 Å². The Kier molecular flexibility index (Phi) is 4.60. The largest absolute Gasteiger partial charge is 0.384 e. The average Bonchev–Trinajstić information content (AvgIpc) is 2.63. The van der Waals surface area contributed by atoms with Gasteiger partial charge in [0, 0.05) is 24.9 Å². The first-order valence-corrected chi connectivity index (χ1v) is 7.74. The second kappa shape index (κ2) is 7.00. The number of nitrogens with one attached hydrogen (secondary N) is 1. The SMILES string of the molecule is CCC(=O)c1cc(C)c(Nc2nccnc2-c2cc(N)ncn2)cn1. The molecule has 0 saturated heterocycles. The maximum absolute atomic E-state index is 11.8. The van der Waals surface area contributed by atoms with Gasteiger partial charge >= 0.3 is 0 Å². The minimum Gasteiger partial charge on any atom is -0.384 e. The van der Waals surface area contributed by atoms with E-state index < -0.39 is 0 Å². The average molecular weight is 335 g/mol. The van der Waals surface area contributed by atoms with Crippen molar-refractivity contribution >= 4 is 23.1 Å². The number of nitrogens with two attached hydrogens (primary N) is 1. The smallest absolute Gasteiger partial charge is 0.180 e. The number of hydrogen-bond donors (Lipinski definition) is 2. The second-order valence-electron chi connectivity index (χ2n) is 5.37. The summed E-state index contributed by atoms with van der Waals surface area (Å²) in [4.78, 5) is 32.7. The molecule has 0 aliphatic heterocycles. The molecule has 0 aromatic carbocycles. The number of nitrogen functional groups attached to an aromatic ring is 1. The number of carbonyl (C=O) groups excluding carboxylic acids is 1. The van der Waals surface area contributed by atoms with E-state index in [9.17, 15) is 4.79 Å². The normalized spacial score (nSPS) is 10.5. The summed E-state index contributed by atoms with van der Waals surface area (Å²) in [5.74, 6) is 0.869. The number of ketones is 1. The van der Waals surface area contributed by atoms with Crippen LogP contribution in [0.3, 0.4) is 0 Å². The third-order valence-corrected chi connectivity index (χ3v) is 3.60. The van der Waals surface area contributed by atoms with Crippen molar-refractivity contribution in [3.63, 3.8) is 0 Å². The molecule has 3 rings (SSSR count). The van der Waals surface area contributed by atoms with E-state index in [2.05, 4.69) is 30.2 Å². The van der Waals surface area contributed by atoms with E-state index in [1.165, 1.54) is 6.33 Å². The summed E-state index contributed by atoms with van der Waals surface area (Å²) in [6.45, 7) is 3.71. The standard InChI is InChI=1S/C17H17N7O/c1-3-14(25)11-6-10(2)13(8-21-11)24-17-16(19-4-5-20-17)12-7-15(18)23-9-22-12/h4-9H,3H2,1-2H3,(H,20,24)(H2,18,22,23). The summed E-state index contributed by atoms with van der Waals surface area (Å²) in [6.07, 6.45) is 6.57. The molecule has 3 aromatic rings. The number of rotatable bonds is 5. The highest BCUT2D eigenvalue weighted by Gasteiger charge is 2.13. The number of pyridine rings is 1. The Hall–Kier alpha value is -3.42. The molecule has 3 heterocycles. The predicted molar refractivity (Wildman–Crippen MR) is 94.3 cm³/mol. The van der Waals surface area contributed by atoms with Crippen LogP contribution in [0, 0.1) is 6.92 Å². The molecule has 0 atom stereocenters. The fourth-order valence-electron chi connectivity index (χ4n) is 2.27. The molecule has 25 heavy (non-hydrogen) atoms. The van der Waals surface area contributed by atoms with E-state index in [0.717, 1.165) is 11.3 Å². The van der Waals surface area contributed by atoms with Crippen LogP contribution in [-0.4, -0.2) is 30.7 Å². The Balaban J connectivity index is 1.95. The molecule has 3 N–H and O–H groups in total. The molecule has 0 aliphatic carbocycles. The van der Waals surface area contributed by atoms with E-state index in [4.69, 9.17) is 5.73 Å². The van der Waals surface area contributed by atoms with Gasteiger partial charge in [-0.1, -0.05) is 6.92 Å². The van der Waals surface area contributed by atoms with Crippen molar-refractivity contribution < 1.29 is 4.79 Å². The lowest BCUT2D eigenvalue weighted by atomic mass is 10.1. The van der Waals surface area contributed by atoms with Crippen molar-refractivity contribution in [2.75, 3.05) is 11.1 Å². The Labute approximate surface area is 144 Å². The van der Waals surface area contributed by atoms with Crippen molar-refractivity contribution in [1.82, 2.24) is 24.9 Å². The summed E-state index contributed by atoms with van der Waals surface area (Å²) in [6, 6.07) is 3.39. The number of aromatic nitrogens is 5. The lowest BCUT2D eigenvalue weighted by Gasteiger charge is -2.12. The summed E-state index contributed by atoms with van der Waals surface area (Å²) >= 11 is 0. The third kappa shape index (κ3) is 3.57. The topological polar surface area (TPSA) is 120 Å². The van der Waals surface area contributed by atoms with Crippen LogP contribution in [0.4, 0.5) is 17.3 Å². The zero-order valence-corrected chi connectivity index (χ0v) is 13.9. The van der Waals surface area contributed by atoms with Gasteiger partial charge in [0.15, 0.2) is 11.6 Å². The molecular formula is C17H17N7O. The van der Waals surface area contributed by atoms with Gasteiger partial charge in [-0.05, 0) is 18.6 Å². The van der Waals surface area contributed by atoms with E-state index in [1.54, 1.807) is 30.7 Å². The minimum atomic E-state index is 0.00584. The van der Waals surface area contributed by atoms with Gasteiger partial charge in [-0.2, -0.15) is 0 Å². The Morgan fingerprint density at radius 3 is 2.64 bits per heavy atom. The molecule has 8 heteroatoms. The molecule has 0 spiro atoms. The lowest BCUT2D eigenvalue weighted by Crippen LogP contribution is -2.05. The minimum absolute atomic E-state index is 0.00584. The van der Waals surface area contributed by atoms with Gasteiger partial charge in [0.1, 0.15) is 23.5 Å². The van der Waals surface area contributed by atoms with Crippen molar-refractivity contribution in [2.24, 2.45) is 0 Å². The number of Topliss-reactive ketones (excluding diaryl/α,β-unsaturated/α-hetero) is 1. The second-order valence-corrected chi connectivity index (χ2v) is 5.37. The van der Waals surface area contributed by atoms with Gasteiger partial charge in [-0.15, -0.1) is 0 Å². The van der Waals surface area contributed by atoms with Gasteiger partial charge in [0.2, 0.25) is 0 Å². The Morgan fingerprint density at radius 1 is 1.12 bits per heavy atom. The van der Waals surface area contributed by atoms with Crippen LogP contribution < -0.4 is 11.1 Å². The lowest BCUT2D eigenvalue weighted by molar-refractivity contribution is 0.0983. The van der Waals surface area contributed by atoms with Gasteiger partial charge in [-0.3, -0.25) is 9.78 Å². The third-order valence-electron chi connectivity index (χ3n) is 3.60. The first-order chi connectivity index (χ1) is 12.1. The van der Waals surface area contributed by atoms with Gasteiger partial charge in [-0.25, -0.2) is 19.9 Å². The van der Waals surface area contributed by atoms with Crippen LogP contribution in [0.15, 0.2) is 37.1 Å². The molecule has 0 unspecified atom stereocenters. The van der Waals surface area contributed by atoms with Crippen LogP contribution in [0.1, 0.15) is 29.4 Å². The summed E-state index contributed by atoms with van der Waals surface area (Å²) in [5, 5.41) is 3.19. The highest BCUT2D eigenvalue weighted by Crippen LogP contribution is 2.26. The number of aryl methyl sites for hydroxylation is 1. The molecule has 0 aliphatic rings. The molecular weight excluding hydrogens is 318 g/mol. The zero-order valence-electron chi connectivity index (χ0n) is 13.9. The van der Waals surface area contributed by atoms with Crippen LogP contribution >= 0.6 is 0 Å². The molecule has 0 fully saturated rings. The van der Waals surface area contributed by atoms with E-state index >= 15 is 0 Å². The van der Waals surface area contributed by atoms with E-state index in [1.807, 2.05) is 13.8 Å². The van der Waals surface area contributed by atoms with Crippen LogP contribution in [0.5, 0.6) is 0 Å². The maximum atomic E-state index is 11.8. The summed E-state index contributed by atoms with van der Waals surface area (Å²) < 4.78 is 0. The fourth-order valence-corrected chi connectivity index (χ4v) is 2.27. The number of carbonyl (C=O) groups is 1. The van der Waals surface area contributed by atoms with Gasteiger partial charge in [0.05, 0.1) is 17.6 Å². The molecule has 0 radical (unpaired) electrons. The molecule has 0 saturated carbocycles. The Morgan fingerprint density at radius 2 is 1.92 bits per heavy atom. The summed E-state index contributed by atoms with van der Waals surface area (Å²) in [7, 11) is 0. The number of anilines is 3. The van der Waals surface area contributed by atoms with Gasteiger partial charge < -0.3 is 11.1 Å². The molecule has 3 aromatic heterocycles. The van der Waals surface area contributed by atoms with Crippen molar-refractivity contribution in [3.8, 4) is 11.4 Å². The zero-order chi connectivity index (χ0) is 17.8. The van der Waals surface area contributed by atoms with E-state index in [-0.39, 0.29) is 5.78 Å². The molecule has 126 valence electrons. The van der Waals surface area contributed by atoms with Crippen LogP contribution in [0.2, 0.25) is 0 Å². The predicted octanol–water partition coefficient (Wildman–Crippen LogP) is 2.56. The number of hydrogen-bond acceptors (Lipinski definition) is 8. The maximum Gasteiger partial charge on any atom is 0.180 e. The molecule has 8 nitrogen and oxygen atoms in total. The van der Waals surface area contributed by atoms with E-state index in [0.29, 0.717) is 35.1 Å². The monoisotopic (exact) mass is 335 g/mol. The Bertz CT molecular complexity index is 926. The first-order valence-electron chi connectivity index (χ1n) is 7.74. The number of nitrogens with zero attached hydrogens (tertiary/aromatic N) is 5. The molecule has 0 bridgehead atoms. The quantitative estimate of drug-likeness (QED) is 0.683. The summed E-state index contributed by atoms with van der Waals surface area (Å²) in [5.41, 5.74) is 8.89. The van der Waals surface area contributed by atoms with Crippen LogP contribution in [-0.2, 0) is 0 Å². The van der Waals surface area contributed by atoms with Crippen molar-refractivity contribution in [3.05, 3.63) is 48.3 Å². The highest BCUT2D eigenvalue weighted by atomic mass is 16.1. The molecule has 0 amide bonds. The van der Waals surface area contributed by atoms with Gasteiger partial charge in [0.25, 0.3) is 0 Å².